The first-order valence-electron chi connectivity index (χ1n) is 6.16. The summed E-state index contributed by atoms with van der Waals surface area (Å²) in [6, 6.07) is 0.327. The van der Waals surface area contributed by atoms with E-state index in [-0.39, 0.29) is 18.5 Å². The van der Waals surface area contributed by atoms with Gasteiger partial charge in [0.05, 0.1) is 0 Å². The number of carbonyl (C=O) groups excluding carboxylic acids is 1. The van der Waals surface area contributed by atoms with E-state index in [1.54, 1.807) is 0 Å². The predicted octanol–water partition coefficient (Wildman–Crippen LogP) is 2.03. The molecule has 2 atom stereocenters. The van der Waals surface area contributed by atoms with Crippen molar-refractivity contribution in [3.8, 4) is 0 Å². The fraction of sp³-hybridized carbons (Fsp3) is 0.917. The molecule has 5 heteroatoms. The zero-order valence-corrected chi connectivity index (χ0v) is 11.7. The normalized spacial score (nSPS) is 28.3. The Kier molecular flexibility index (Phi) is 4.67. The lowest BCUT2D eigenvalue weighted by Gasteiger charge is -2.37. The van der Waals surface area contributed by atoms with Crippen LogP contribution in [-0.4, -0.2) is 42.3 Å². The number of rotatable bonds is 0. The first kappa shape index (κ1) is 14.6. The fourth-order valence-corrected chi connectivity index (χ4v) is 2.48. The Morgan fingerprint density at radius 1 is 1.29 bits per heavy atom. The Bertz CT molecular complexity index is 274. The molecule has 3 heterocycles. The molecule has 1 N–H and O–H groups in total. The fourth-order valence-electron chi connectivity index (χ4n) is 2.48. The standard InChI is InChI=1S/C12H22N2O2.ClH/c1-12(2,3)16-11(15)14-8-9-4-5-10(14)7-13-6-9;/h9-10,13H,4-8H2,1-3H3;1H. The lowest BCUT2D eigenvalue weighted by molar-refractivity contribution is 0.00801. The summed E-state index contributed by atoms with van der Waals surface area (Å²) in [7, 11) is 0. The van der Waals surface area contributed by atoms with Crippen molar-refractivity contribution in [2.45, 2.75) is 45.3 Å². The summed E-state index contributed by atoms with van der Waals surface area (Å²) in [4.78, 5) is 13.9. The van der Waals surface area contributed by atoms with Crippen molar-refractivity contribution in [1.29, 1.82) is 0 Å². The molecule has 0 aromatic heterocycles. The van der Waals surface area contributed by atoms with Gasteiger partial charge in [-0.25, -0.2) is 4.79 Å². The SMILES string of the molecule is CC(C)(C)OC(=O)N1CC2CCC1CNC2.Cl. The molecule has 3 fully saturated rings. The van der Waals surface area contributed by atoms with Gasteiger partial charge in [-0.15, -0.1) is 12.4 Å². The van der Waals surface area contributed by atoms with Crippen molar-refractivity contribution in [3.05, 3.63) is 0 Å². The monoisotopic (exact) mass is 262 g/mol. The molecule has 3 rings (SSSR count). The number of hydrogen-bond acceptors (Lipinski definition) is 3. The highest BCUT2D eigenvalue weighted by atomic mass is 35.5. The molecule has 0 aliphatic carbocycles. The molecule has 3 aliphatic heterocycles. The second-order valence-electron chi connectivity index (χ2n) is 5.89. The van der Waals surface area contributed by atoms with E-state index in [4.69, 9.17) is 4.74 Å². The largest absolute Gasteiger partial charge is 0.444 e. The van der Waals surface area contributed by atoms with Crippen molar-refractivity contribution >= 4 is 18.5 Å². The van der Waals surface area contributed by atoms with E-state index in [0.29, 0.717) is 12.0 Å². The molecule has 0 aromatic carbocycles. The van der Waals surface area contributed by atoms with Crippen LogP contribution in [0.4, 0.5) is 4.79 Å². The summed E-state index contributed by atoms with van der Waals surface area (Å²) in [6.07, 6.45) is 2.19. The van der Waals surface area contributed by atoms with Gasteiger partial charge in [0.2, 0.25) is 0 Å². The van der Waals surface area contributed by atoms with E-state index in [1.807, 2.05) is 25.7 Å². The molecule has 2 bridgehead atoms. The Balaban J connectivity index is 0.00000144. The predicted molar refractivity (Wildman–Crippen MR) is 69.6 cm³/mol. The third kappa shape index (κ3) is 3.75. The Morgan fingerprint density at radius 3 is 2.65 bits per heavy atom. The topological polar surface area (TPSA) is 41.6 Å². The van der Waals surface area contributed by atoms with Gasteiger partial charge in [-0.05, 0) is 46.1 Å². The van der Waals surface area contributed by atoms with Gasteiger partial charge in [0.1, 0.15) is 5.60 Å². The Morgan fingerprint density at radius 2 is 2.00 bits per heavy atom. The first-order chi connectivity index (χ1) is 7.46. The number of carbonyl (C=O) groups is 1. The number of amides is 1. The second kappa shape index (κ2) is 5.44. The molecule has 0 radical (unpaired) electrons. The van der Waals surface area contributed by atoms with Gasteiger partial charge < -0.3 is 15.0 Å². The van der Waals surface area contributed by atoms with Gasteiger partial charge in [-0.3, -0.25) is 0 Å². The summed E-state index contributed by atoms with van der Waals surface area (Å²) in [5, 5.41) is 3.41. The van der Waals surface area contributed by atoms with Crippen LogP contribution < -0.4 is 5.32 Å². The number of ether oxygens (including phenoxy) is 1. The van der Waals surface area contributed by atoms with Crippen molar-refractivity contribution in [2.24, 2.45) is 5.92 Å². The maximum absolute atomic E-state index is 12.0. The smallest absolute Gasteiger partial charge is 0.410 e. The molecule has 3 saturated heterocycles. The number of hydrogen-bond donors (Lipinski definition) is 1. The number of halogens is 1. The lowest BCUT2D eigenvalue weighted by atomic mass is 9.95. The average molecular weight is 263 g/mol. The van der Waals surface area contributed by atoms with Gasteiger partial charge in [-0.2, -0.15) is 0 Å². The van der Waals surface area contributed by atoms with E-state index in [2.05, 4.69) is 5.32 Å². The highest BCUT2D eigenvalue weighted by molar-refractivity contribution is 5.85. The van der Waals surface area contributed by atoms with E-state index in [9.17, 15) is 4.79 Å². The van der Waals surface area contributed by atoms with Gasteiger partial charge in [0.25, 0.3) is 0 Å². The second-order valence-corrected chi connectivity index (χ2v) is 5.89. The highest BCUT2D eigenvalue weighted by Crippen LogP contribution is 2.25. The van der Waals surface area contributed by atoms with Crippen LogP contribution in [0, 0.1) is 5.92 Å². The summed E-state index contributed by atoms with van der Waals surface area (Å²) in [6.45, 7) is 8.55. The van der Waals surface area contributed by atoms with Crippen molar-refractivity contribution in [1.82, 2.24) is 10.2 Å². The van der Waals surface area contributed by atoms with Crippen LogP contribution in [0.15, 0.2) is 0 Å². The first-order valence-corrected chi connectivity index (χ1v) is 6.16. The summed E-state index contributed by atoms with van der Waals surface area (Å²) in [5.41, 5.74) is -0.393. The molecule has 4 nitrogen and oxygen atoms in total. The van der Waals surface area contributed by atoms with Gasteiger partial charge in [0.15, 0.2) is 0 Å². The third-order valence-corrected chi connectivity index (χ3v) is 3.24. The zero-order valence-electron chi connectivity index (χ0n) is 10.9. The maximum atomic E-state index is 12.0. The average Bonchev–Trinajstić information content (AvgIpc) is 2.48. The molecular formula is C12H23ClN2O2. The van der Waals surface area contributed by atoms with Gasteiger partial charge in [-0.1, -0.05) is 0 Å². The van der Waals surface area contributed by atoms with Crippen molar-refractivity contribution in [3.63, 3.8) is 0 Å². The highest BCUT2D eigenvalue weighted by Gasteiger charge is 2.36. The molecule has 1 amide bonds. The van der Waals surface area contributed by atoms with Gasteiger partial charge >= 0.3 is 6.09 Å². The van der Waals surface area contributed by atoms with Crippen LogP contribution in [0.3, 0.4) is 0 Å². The Hall–Kier alpha value is -0.480. The number of nitrogens with one attached hydrogen (secondary N) is 1. The summed E-state index contributed by atoms with van der Waals surface area (Å²) in [5.74, 6) is 0.603. The van der Waals surface area contributed by atoms with E-state index < -0.39 is 5.60 Å². The molecule has 0 saturated carbocycles. The Labute approximate surface area is 109 Å². The molecule has 0 spiro atoms. The molecule has 100 valence electrons. The van der Waals surface area contributed by atoms with Crippen molar-refractivity contribution in [2.75, 3.05) is 19.6 Å². The van der Waals surface area contributed by atoms with Crippen LogP contribution in [0.5, 0.6) is 0 Å². The van der Waals surface area contributed by atoms with Crippen LogP contribution in [0.2, 0.25) is 0 Å². The third-order valence-electron chi connectivity index (χ3n) is 3.24. The molecule has 3 aliphatic rings. The minimum atomic E-state index is -0.393. The van der Waals surface area contributed by atoms with Crippen LogP contribution >= 0.6 is 12.4 Å². The molecule has 0 aromatic rings. The van der Waals surface area contributed by atoms with Crippen LogP contribution in [0.25, 0.3) is 0 Å². The molecule has 2 unspecified atom stereocenters. The van der Waals surface area contributed by atoms with E-state index in [0.717, 1.165) is 26.1 Å². The number of nitrogens with zero attached hydrogens (tertiary/aromatic N) is 1. The lowest BCUT2D eigenvalue weighted by Crippen LogP contribution is -2.49. The number of fused-ring (bicyclic) bond motifs is 4. The van der Waals surface area contributed by atoms with Crippen molar-refractivity contribution < 1.29 is 9.53 Å². The minimum Gasteiger partial charge on any atom is -0.444 e. The summed E-state index contributed by atoms with van der Waals surface area (Å²) < 4.78 is 5.44. The van der Waals surface area contributed by atoms with E-state index in [1.165, 1.54) is 6.42 Å². The number of piperidine rings is 1. The maximum Gasteiger partial charge on any atom is 0.410 e. The van der Waals surface area contributed by atoms with Crippen LogP contribution in [-0.2, 0) is 4.74 Å². The van der Waals surface area contributed by atoms with Crippen LogP contribution in [0.1, 0.15) is 33.6 Å². The molecule has 17 heavy (non-hydrogen) atoms. The zero-order chi connectivity index (χ0) is 11.8. The van der Waals surface area contributed by atoms with E-state index >= 15 is 0 Å². The quantitative estimate of drug-likeness (QED) is 0.726. The van der Waals surface area contributed by atoms with Gasteiger partial charge in [0, 0.05) is 19.1 Å². The summed E-state index contributed by atoms with van der Waals surface area (Å²) >= 11 is 0. The molecular weight excluding hydrogens is 240 g/mol. The minimum absolute atomic E-state index is 0.